The Labute approximate surface area is 200 Å². The molecule has 0 radical (unpaired) electrons. The molecule has 6 rings (SSSR count). The smallest absolute Gasteiger partial charge is 0.209 e. The van der Waals surface area contributed by atoms with E-state index in [-0.39, 0.29) is 11.5 Å². The van der Waals surface area contributed by atoms with E-state index in [1.54, 1.807) is 4.85 Å². The van der Waals surface area contributed by atoms with Gasteiger partial charge in [-0.25, -0.2) is 0 Å². The number of hydrogen-bond acceptors (Lipinski definition) is 3. The van der Waals surface area contributed by atoms with Crippen molar-refractivity contribution >= 4 is 0 Å². The molecule has 0 amide bonds. The summed E-state index contributed by atoms with van der Waals surface area (Å²) in [5.41, 5.74) is -0.623. The maximum Gasteiger partial charge on any atom is 0.209 e. The van der Waals surface area contributed by atoms with Gasteiger partial charge in [-0.15, -0.1) is 0 Å². The van der Waals surface area contributed by atoms with Crippen molar-refractivity contribution in [1.29, 1.82) is 0 Å². The zero-order valence-corrected chi connectivity index (χ0v) is 21.5. The number of aromatic nitrogens is 2. The van der Waals surface area contributed by atoms with Crippen LogP contribution in [0.1, 0.15) is 98.8 Å². The van der Waals surface area contributed by atoms with E-state index in [1.165, 1.54) is 38.5 Å². The number of aliphatic hydroxyl groups excluding tert-OH is 1. The van der Waals surface area contributed by atoms with Gasteiger partial charge in [0.05, 0.1) is 12.3 Å². The van der Waals surface area contributed by atoms with Crippen molar-refractivity contribution in [3.05, 3.63) is 18.5 Å². The lowest BCUT2D eigenvalue weighted by atomic mass is 9.44. The minimum atomic E-state index is -0.925. The van der Waals surface area contributed by atoms with Gasteiger partial charge in [-0.3, -0.25) is 0 Å². The van der Waals surface area contributed by atoms with Gasteiger partial charge < -0.3 is 15.1 Å². The van der Waals surface area contributed by atoms with Crippen LogP contribution >= 0.6 is 0 Å². The number of rotatable bonds is 5. The number of nitrogens with zero attached hydrogens (tertiary/aromatic N) is 2. The van der Waals surface area contributed by atoms with E-state index in [9.17, 15) is 10.2 Å². The molecule has 4 fully saturated rings. The summed E-state index contributed by atoms with van der Waals surface area (Å²) in [6, 6.07) is 0. The number of aliphatic hydroxyl groups is 2. The quantitative estimate of drug-likeness (QED) is 0.563. The molecule has 0 aromatic carbocycles. The second-order valence-corrected chi connectivity index (χ2v) is 12.4. The molecule has 186 valence electrons. The number of fused-ring (bicyclic) bond motifs is 6. The van der Waals surface area contributed by atoms with Crippen molar-refractivity contribution in [2.45, 2.75) is 111 Å². The van der Waals surface area contributed by atoms with Crippen LogP contribution < -0.4 is 4.84 Å². The third kappa shape index (κ3) is 3.39. The Balaban J connectivity index is 0.00000111. The van der Waals surface area contributed by atoms with Gasteiger partial charge in [-0.05, 0) is 106 Å². The normalized spacial score (nSPS) is 45.7. The van der Waals surface area contributed by atoms with Crippen LogP contribution in [0.25, 0.3) is 5.82 Å². The highest BCUT2D eigenvalue weighted by molar-refractivity contribution is 5.39. The first-order chi connectivity index (χ1) is 15.7. The zero-order valence-electron chi connectivity index (χ0n) is 21.5. The fourth-order valence-electron chi connectivity index (χ4n) is 9.07. The second-order valence-electron chi connectivity index (χ2n) is 12.4. The summed E-state index contributed by atoms with van der Waals surface area (Å²) in [7, 11) is 0. The summed E-state index contributed by atoms with van der Waals surface area (Å²) < 4.78 is 1.94. The van der Waals surface area contributed by atoms with Crippen LogP contribution in [0.15, 0.2) is 18.5 Å². The van der Waals surface area contributed by atoms with Crippen molar-refractivity contribution in [2.75, 3.05) is 0 Å². The summed E-state index contributed by atoms with van der Waals surface area (Å²) in [5, 5.41) is 21.8. The topological polar surface area (TPSA) is 59.5 Å². The molecule has 0 bridgehead atoms. The van der Waals surface area contributed by atoms with Gasteiger partial charge in [0.1, 0.15) is 5.60 Å². The van der Waals surface area contributed by atoms with Gasteiger partial charge in [-0.1, -0.05) is 39.1 Å². The summed E-state index contributed by atoms with van der Waals surface area (Å²) in [4.78, 5) is 7.67. The van der Waals surface area contributed by atoms with E-state index in [0.29, 0.717) is 23.0 Å². The molecule has 2 N–H and O–H groups in total. The first kappa shape index (κ1) is 23.5. The largest absolute Gasteiger partial charge is 0.393 e. The molecule has 9 atom stereocenters. The minimum absolute atomic E-state index is 0.137. The average molecular weight is 459 g/mol. The molecule has 0 saturated heterocycles. The fourth-order valence-corrected chi connectivity index (χ4v) is 9.07. The molecule has 33 heavy (non-hydrogen) atoms. The average Bonchev–Trinajstić information content (AvgIpc) is 3.68. The molecule has 4 aliphatic carbocycles. The Hall–Kier alpha value is -1.20. The van der Waals surface area contributed by atoms with Crippen molar-refractivity contribution in [1.82, 2.24) is 9.53 Å². The predicted octanol–water partition coefficient (Wildman–Crippen LogP) is 5.72. The highest BCUT2D eigenvalue weighted by atomic mass is 16.7. The fraction of sp³-hybridized carbons (Fsp3) is 0.857. The number of hydrogen-bond donors (Lipinski definition) is 2. The predicted molar refractivity (Wildman–Crippen MR) is 131 cm³/mol. The summed E-state index contributed by atoms with van der Waals surface area (Å²) in [5.74, 6) is 5.21. The molecule has 0 spiro atoms. The van der Waals surface area contributed by atoms with Gasteiger partial charge in [0, 0.05) is 5.41 Å². The molecule has 0 aromatic heterocycles. The molecular weight excluding hydrogens is 412 g/mol. The van der Waals surface area contributed by atoms with E-state index in [0.717, 1.165) is 49.3 Å². The Morgan fingerprint density at radius 3 is 2.45 bits per heavy atom. The van der Waals surface area contributed by atoms with Crippen LogP contribution in [0.4, 0.5) is 0 Å². The van der Waals surface area contributed by atoms with Crippen LogP contribution in [-0.2, 0) is 0 Å². The lowest BCUT2D eigenvalue weighted by Crippen LogP contribution is -2.57. The van der Waals surface area contributed by atoms with Gasteiger partial charge in [-0.2, -0.15) is 4.68 Å². The molecule has 5 nitrogen and oxygen atoms in total. The Bertz CT molecular complexity index is 887. The van der Waals surface area contributed by atoms with Crippen molar-refractivity contribution in [3.8, 4) is 5.82 Å². The van der Waals surface area contributed by atoms with Crippen LogP contribution in [0.5, 0.6) is 0 Å². The highest BCUT2D eigenvalue weighted by Gasteiger charge is 2.66. The van der Waals surface area contributed by atoms with E-state index in [1.807, 2.05) is 31.6 Å². The van der Waals surface area contributed by atoms with Crippen LogP contribution in [0, 0.1) is 40.4 Å². The molecule has 0 aromatic rings. The van der Waals surface area contributed by atoms with Gasteiger partial charge in [0.25, 0.3) is 0 Å². The third-order valence-electron chi connectivity index (χ3n) is 11.0. The van der Waals surface area contributed by atoms with Gasteiger partial charge in [0.15, 0.2) is 5.76 Å². The van der Waals surface area contributed by atoms with Gasteiger partial charge >= 0.3 is 0 Å². The summed E-state index contributed by atoms with van der Waals surface area (Å²) >= 11 is 0. The van der Waals surface area contributed by atoms with E-state index < -0.39 is 5.60 Å². The molecule has 6 aliphatic rings. The zero-order chi connectivity index (χ0) is 23.8. The molecule has 2 aliphatic heterocycles. The SMILES string of the molecule is C=C(On1c2cn1-2)C1(O)CCC2C3CCC4CC(CC(C)O)CCC4(C)C3CCC21C.CC. The van der Waals surface area contributed by atoms with E-state index in [2.05, 4.69) is 20.4 Å². The van der Waals surface area contributed by atoms with E-state index >= 15 is 0 Å². The molecular formula is C28H46N2O3. The first-order valence-electron chi connectivity index (χ1n) is 13.8. The lowest BCUT2D eigenvalue weighted by molar-refractivity contribution is -0.155. The molecule has 5 heteroatoms. The maximum absolute atomic E-state index is 11.9. The Morgan fingerprint density at radius 2 is 1.82 bits per heavy atom. The van der Waals surface area contributed by atoms with Gasteiger partial charge in [0.2, 0.25) is 5.82 Å². The molecule has 2 heterocycles. The second kappa shape index (κ2) is 7.91. The summed E-state index contributed by atoms with van der Waals surface area (Å²) in [6.45, 7) is 15.1. The van der Waals surface area contributed by atoms with Crippen LogP contribution in [0.2, 0.25) is 0 Å². The lowest BCUT2D eigenvalue weighted by Gasteiger charge is -2.61. The van der Waals surface area contributed by atoms with Crippen LogP contribution in [-0.4, -0.2) is 31.4 Å². The molecule has 9 unspecified atom stereocenters. The first-order valence-corrected chi connectivity index (χ1v) is 13.8. The van der Waals surface area contributed by atoms with Crippen molar-refractivity contribution in [2.24, 2.45) is 40.4 Å². The summed E-state index contributed by atoms with van der Waals surface area (Å²) in [6.07, 6.45) is 13.5. The molecule has 4 saturated carbocycles. The highest BCUT2D eigenvalue weighted by Crippen LogP contribution is 2.69. The minimum Gasteiger partial charge on any atom is -0.393 e. The Morgan fingerprint density at radius 1 is 1.12 bits per heavy atom. The monoisotopic (exact) mass is 458 g/mol. The maximum atomic E-state index is 11.9. The Kier molecular flexibility index (Phi) is 5.64. The van der Waals surface area contributed by atoms with Crippen molar-refractivity contribution in [3.63, 3.8) is 0 Å². The third-order valence-corrected chi connectivity index (χ3v) is 11.0. The van der Waals surface area contributed by atoms with Crippen molar-refractivity contribution < 1.29 is 15.1 Å². The van der Waals surface area contributed by atoms with E-state index in [4.69, 9.17) is 4.84 Å². The van der Waals surface area contributed by atoms with Crippen LogP contribution in [0.3, 0.4) is 0 Å². The standard InChI is InChI=1S/C26H40N2O3.C2H6/c1-16(29)13-18-7-10-24(3)19(14-18)5-6-20-21(24)8-11-25(4)22(20)9-12-26(25,30)17(2)31-28-23-15-27(23)28;1-2/h15-16,18-22,29-30H,2,5-14H2,1,3-4H3;1-2H3.